The third-order valence-corrected chi connectivity index (χ3v) is 7.28. The number of aryl methyl sites for hydroxylation is 1. The van der Waals surface area contributed by atoms with Gasteiger partial charge in [0.2, 0.25) is 0 Å². The Morgan fingerprint density at radius 1 is 1.20 bits per heavy atom. The molecule has 0 aliphatic carbocycles. The number of hydrogen-bond acceptors (Lipinski definition) is 10. The van der Waals surface area contributed by atoms with Crippen molar-refractivity contribution in [3.8, 4) is 0 Å². The number of phosphoric ester groups is 1. The first-order valence-electron chi connectivity index (χ1n) is 10.1. The summed E-state index contributed by atoms with van der Waals surface area (Å²) in [6, 6.07) is 8.32. The van der Waals surface area contributed by atoms with Gasteiger partial charge in [-0.05, 0) is 10.4 Å². The number of rotatable bonds is 8. The summed E-state index contributed by atoms with van der Waals surface area (Å²) in [7, 11) is -6.67. The summed E-state index contributed by atoms with van der Waals surface area (Å²) >= 11 is 0. The number of benzene rings is 1. The Labute approximate surface area is 196 Å². The summed E-state index contributed by atoms with van der Waals surface area (Å²) in [4.78, 5) is 43.6. The highest BCUT2D eigenvalue weighted by Gasteiger charge is 2.46. The minimum absolute atomic E-state index is 0.178. The highest BCUT2D eigenvalue weighted by Crippen LogP contribution is 2.51. The molecule has 3 aromatic rings. The maximum Gasteiger partial charge on any atom is 0.705 e. The minimum Gasteiger partial charge on any atom is -0.387 e. The van der Waals surface area contributed by atoms with Gasteiger partial charge in [0.1, 0.15) is 18.3 Å². The second-order valence-electron chi connectivity index (χ2n) is 7.65. The van der Waals surface area contributed by atoms with E-state index in [1.54, 1.807) is 23.9 Å². The lowest BCUT2D eigenvalue weighted by atomic mass is 10.1. The van der Waals surface area contributed by atoms with Crippen LogP contribution in [0.3, 0.4) is 0 Å². The van der Waals surface area contributed by atoms with Crippen molar-refractivity contribution in [2.75, 3.05) is 6.61 Å². The number of ether oxygens (including phenoxy) is 1. The van der Waals surface area contributed by atoms with Gasteiger partial charge in [-0.2, -0.15) is 5.10 Å². The largest absolute Gasteiger partial charge is 0.705 e. The van der Waals surface area contributed by atoms with Crippen molar-refractivity contribution in [2.24, 2.45) is 7.05 Å². The maximum absolute atomic E-state index is 13.1. The van der Waals surface area contributed by atoms with E-state index in [1.807, 2.05) is 12.1 Å². The van der Waals surface area contributed by atoms with Gasteiger partial charge in [0, 0.05) is 29.3 Å². The number of fused-ring (bicyclic) bond motifs is 1. The first-order chi connectivity index (χ1) is 16.5. The number of nitrogens with zero attached hydrogens (tertiary/aromatic N) is 4. The molecule has 1 fully saturated rings. The zero-order chi connectivity index (χ0) is 25.5. The van der Waals surface area contributed by atoms with Crippen LogP contribution < -0.4 is 11.2 Å². The molecule has 35 heavy (non-hydrogen) atoms. The fraction of sp³-hybridized carbons (Fsp3) is 0.389. The number of aromatic nitrogens is 4. The van der Waals surface area contributed by atoms with E-state index in [0.29, 0.717) is 5.69 Å². The van der Waals surface area contributed by atoms with Gasteiger partial charge in [0.15, 0.2) is 6.23 Å². The lowest BCUT2D eigenvalue weighted by Crippen LogP contribution is -2.43. The standard InChI is InChI=1S/C18H20N4O11P2/c1-20-12-5-3-2-4-10(12)11(19-20)8-22-14(23)6-7-21(18(22)26)17-16(25)15(24)13(32-17)9-31-35(29,30)33-34(27)28/h2-7,13,15-17,24-25H,8-9H2,1H3,(H-,27,28,29,30)/p+1/t13-,15?,16+,17-/m1/s1. The summed E-state index contributed by atoms with van der Waals surface area (Å²) in [5.41, 5.74) is -0.243. The molecule has 3 heterocycles. The summed E-state index contributed by atoms with van der Waals surface area (Å²) in [5, 5.41) is 25.8. The molecule has 0 saturated carbocycles. The van der Waals surface area contributed by atoms with E-state index in [4.69, 9.17) is 9.63 Å². The van der Waals surface area contributed by atoms with Crippen molar-refractivity contribution in [3.05, 3.63) is 63.1 Å². The highest BCUT2D eigenvalue weighted by molar-refractivity contribution is 7.55. The zero-order valence-electron chi connectivity index (χ0n) is 18.0. The summed E-state index contributed by atoms with van der Waals surface area (Å²) in [6.07, 6.45) is -5.17. The van der Waals surface area contributed by atoms with E-state index in [1.165, 1.54) is 0 Å². The van der Waals surface area contributed by atoms with Crippen LogP contribution in [0.1, 0.15) is 11.9 Å². The van der Waals surface area contributed by atoms with Crippen LogP contribution in [0.5, 0.6) is 0 Å². The summed E-state index contributed by atoms with van der Waals surface area (Å²) in [6.45, 7) is -0.998. The van der Waals surface area contributed by atoms with Crippen LogP contribution in [0.15, 0.2) is 46.1 Å². The number of para-hydroxylation sites is 1. The molecule has 0 bridgehead atoms. The van der Waals surface area contributed by atoms with Gasteiger partial charge in [-0.25, -0.2) is 9.36 Å². The van der Waals surface area contributed by atoms with Crippen molar-refractivity contribution in [3.63, 3.8) is 0 Å². The van der Waals surface area contributed by atoms with Gasteiger partial charge in [-0.15, -0.1) is 4.89 Å². The molecule has 15 nitrogen and oxygen atoms in total. The smallest absolute Gasteiger partial charge is 0.387 e. The Morgan fingerprint density at radius 3 is 2.63 bits per heavy atom. The molecule has 0 amide bonds. The first-order valence-corrected chi connectivity index (χ1v) is 12.7. The molecule has 1 aromatic carbocycles. The molecule has 17 heteroatoms. The topological polar surface area (TPSA) is 205 Å². The molecule has 1 saturated heterocycles. The Hall–Kier alpha value is -2.58. The SMILES string of the molecule is Cn1nc(Cn2c(=O)ccn([C@@H]3O[C@H](COP(=O)(O)O[P+](=O)O)C(O)[C@@H]3O)c2=O)c2ccccc21. The summed E-state index contributed by atoms with van der Waals surface area (Å²) in [5.74, 6) is 0. The second-order valence-corrected chi connectivity index (χ2v) is 9.97. The molecule has 6 atom stereocenters. The molecular weight excluding hydrogens is 510 g/mol. The van der Waals surface area contributed by atoms with Crippen LogP contribution in [-0.4, -0.2) is 63.8 Å². The molecule has 1 aliphatic rings. The number of aliphatic hydroxyl groups is 2. The Morgan fingerprint density at radius 2 is 1.91 bits per heavy atom. The third kappa shape index (κ3) is 5.19. The predicted octanol–water partition coefficient (Wildman–Crippen LogP) is -0.653. The molecule has 4 rings (SSSR count). The first kappa shape index (κ1) is 25.5. The van der Waals surface area contributed by atoms with Gasteiger partial charge in [-0.3, -0.25) is 28.0 Å². The van der Waals surface area contributed by atoms with E-state index >= 15 is 0 Å². The van der Waals surface area contributed by atoms with Crippen LogP contribution in [0.25, 0.3) is 10.9 Å². The highest BCUT2D eigenvalue weighted by atomic mass is 31.2. The fourth-order valence-electron chi connectivity index (χ4n) is 3.80. The van der Waals surface area contributed by atoms with E-state index in [0.717, 1.165) is 32.3 Å². The van der Waals surface area contributed by atoms with Crippen LogP contribution in [0, 0.1) is 0 Å². The van der Waals surface area contributed by atoms with Gasteiger partial charge >= 0.3 is 21.8 Å². The molecule has 2 aromatic heterocycles. The lowest BCUT2D eigenvalue weighted by Gasteiger charge is -2.18. The van der Waals surface area contributed by atoms with E-state index in [9.17, 15) is 33.8 Å². The van der Waals surface area contributed by atoms with Gasteiger partial charge in [0.25, 0.3) is 5.56 Å². The molecule has 0 spiro atoms. The third-order valence-electron chi connectivity index (χ3n) is 5.42. The monoisotopic (exact) mass is 531 g/mol. The van der Waals surface area contributed by atoms with Crippen LogP contribution in [-0.2, 0) is 36.3 Å². The van der Waals surface area contributed by atoms with E-state index in [2.05, 4.69) is 13.9 Å². The zero-order valence-corrected chi connectivity index (χ0v) is 19.8. The molecule has 4 N–H and O–H groups in total. The van der Waals surface area contributed by atoms with E-state index < -0.39 is 58.5 Å². The minimum atomic E-state index is -4.95. The molecular formula is C18H21N4O11P2+. The molecule has 1 aliphatic heterocycles. The lowest BCUT2D eigenvalue weighted by molar-refractivity contribution is -0.0545. The molecule has 0 radical (unpaired) electrons. The normalized spacial score (nSPS) is 24.5. The average molecular weight is 531 g/mol. The second kappa shape index (κ2) is 9.82. The van der Waals surface area contributed by atoms with Gasteiger partial charge in [-0.1, -0.05) is 18.2 Å². The van der Waals surface area contributed by atoms with E-state index in [-0.39, 0.29) is 6.54 Å². The van der Waals surface area contributed by atoms with Crippen molar-refractivity contribution >= 4 is 27.0 Å². The van der Waals surface area contributed by atoms with Gasteiger partial charge < -0.3 is 14.9 Å². The molecule has 3 unspecified atom stereocenters. The Bertz CT molecular complexity index is 1430. The van der Waals surface area contributed by atoms with Crippen molar-refractivity contribution in [1.29, 1.82) is 0 Å². The fourth-order valence-corrected chi connectivity index (χ4v) is 5.03. The number of hydrogen-bond donors (Lipinski definition) is 4. The summed E-state index contributed by atoms with van der Waals surface area (Å²) < 4.78 is 39.4. The van der Waals surface area contributed by atoms with Crippen molar-refractivity contribution in [1.82, 2.24) is 18.9 Å². The Kier molecular flexibility index (Phi) is 7.16. The Balaban J connectivity index is 1.59. The average Bonchev–Trinajstić information content (AvgIpc) is 3.25. The predicted molar refractivity (Wildman–Crippen MR) is 117 cm³/mol. The van der Waals surface area contributed by atoms with Gasteiger partial charge in [0.05, 0.1) is 24.4 Å². The van der Waals surface area contributed by atoms with Crippen LogP contribution in [0.2, 0.25) is 0 Å². The number of aliphatic hydroxyl groups excluding tert-OH is 2. The van der Waals surface area contributed by atoms with Crippen molar-refractivity contribution in [2.45, 2.75) is 31.1 Å². The maximum atomic E-state index is 13.1. The molecule has 188 valence electrons. The quantitative estimate of drug-likeness (QED) is 0.268. The van der Waals surface area contributed by atoms with Crippen molar-refractivity contribution < 1.29 is 42.7 Å². The van der Waals surface area contributed by atoms with Crippen LogP contribution in [0.4, 0.5) is 0 Å². The van der Waals surface area contributed by atoms with Crippen LogP contribution >= 0.6 is 16.1 Å². The number of phosphoric acid groups is 1.